The smallest absolute Gasteiger partial charge is 0.00694 e. The van der Waals surface area contributed by atoms with Crippen LogP contribution in [0.4, 0.5) is 0 Å². The Morgan fingerprint density at radius 2 is 1.60 bits per heavy atom. The van der Waals surface area contributed by atoms with Crippen molar-refractivity contribution in [2.75, 3.05) is 6.54 Å². The Morgan fingerprint density at radius 3 is 2.00 bits per heavy atom. The summed E-state index contributed by atoms with van der Waals surface area (Å²) in [6.45, 7) is 15.0. The molecule has 0 heterocycles. The van der Waals surface area contributed by atoms with Crippen molar-refractivity contribution in [3.8, 4) is 0 Å². The molecule has 0 bridgehead atoms. The second kappa shape index (κ2) is 8.15. The SMILES string of the molecule is CCCC(C)CC(C(C)C)C(C)NCC. The highest BCUT2D eigenvalue weighted by atomic mass is 14.9. The summed E-state index contributed by atoms with van der Waals surface area (Å²) >= 11 is 0. The Hall–Kier alpha value is -0.0400. The molecule has 0 rings (SSSR count). The molecule has 1 nitrogen and oxygen atoms in total. The van der Waals surface area contributed by atoms with Gasteiger partial charge in [0.15, 0.2) is 0 Å². The summed E-state index contributed by atoms with van der Waals surface area (Å²) in [5.41, 5.74) is 0. The molecule has 0 aromatic carbocycles. The lowest BCUT2D eigenvalue weighted by molar-refractivity contribution is 0.237. The van der Waals surface area contributed by atoms with Crippen LogP contribution >= 0.6 is 0 Å². The maximum absolute atomic E-state index is 3.57. The van der Waals surface area contributed by atoms with Gasteiger partial charge in [0.05, 0.1) is 0 Å². The lowest BCUT2D eigenvalue weighted by Gasteiger charge is -2.30. The zero-order valence-electron chi connectivity index (χ0n) is 11.6. The molecule has 0 fully saturated rings. The van der Waals surface area contributed by atoms with E-state index >= 15 is 0 Å². The van der Waals surface area contributed by atoms with Gasteiger partial charge in [-0.3, -0.25) is 0 Å². The Labute approximate surface area is 97.0 Å². The molecule has 0 aliphatic heterocycles. The summed E-state index contributed by atoms with van der Waals surface area (Å²) in [6.07, 6.45) is 4.07. The molecule has 92 valence electrons. The summed E-state index contributed by atoms with van der Waals surface area (Å²) in [5, 5.41) is 3.57. The molecule has 0 aromatic rings. The molecule has 0 aromatic heterocycles. The first kappa shape index (κ1) is 15.0. The van der Waals surface area contributed by atoms with Crippen LogP contribution in [-0.4, -0.2) is 12.6 Å². The van der Waals surface area contributed by atoms with Gasteiger partial charge >= 0.3 is 0 Å². The molecule has 0 spiro atoms. The highest BCUT2D eigenvalue weighted by Gasteiger charge is 2.21. The molecule has 1 heteroatoms. The fraction of sp³-hybridized carbons (Fsp3) is 1.00. The van der Waals surface area contributed by atoms with E-state index < -0.39 is 0 Å². The van der Waals surface area contributed by atoms with Gasteiger partial charge in [0, 0.05) is 6.04 Å². The van der Waals surface area contributed by atoms with Crippen molar-refractivity contribution in [2.45, 2.75) is 66.8 Å². The minimum atomic E-state index is 0.661. The Balaban J connectivity index is 4.14. The lowest BCUT2D eigenvalue weighted by Crippen LogP contribution is -2.36. The van der Waals surface area contributed by atoms with Crippen molar-refractivity contribution < 1.29 is 0 Å². The number of hydrogen-bond acceptors (Lipinski definition) is 1. The van der Waals surface area contributed by atoms with Gasteiger partial charge in [-0.15, -0.1) is 0 Å². The molecular formula is C14H31N. The standard InChI is InChI=1S/C14H31N/c1-7-9-12(5)10-14(11(3)4)13(6)15-8-2/h11-15H,7-10H2,1-6H3. The van der Waals surface area contributed by atoms with Gasteiger partial charge in [-0.2, -0.15) is 0 Å². The molecule has 3 unspecified atom stereocenters. The monoisotopic (exact) mass is 213 g/mol. The fourth-order valence-electron chi connectivity index (χ4n) is 2.60. The topological polar surface area (TPSA) is 12.0 Å². The number of rotatable bonds is 8. The Bertz CT molecular complexity index is 142. The van der Waals surface area contributed by atoms with Crippen molar-refractivity contribution in [2.24, 2.45) is 17.8 Å². The van der Waals surface area contributed by atoms with E-state index in [-0.39, 0.29) is 0 Å². The molecule has 0 saturated heterocycles. The largest absolute Gasteiger partial charge is 0.314 e. The zero-order valence-corrected chi connectivity index (χ0v) is 11.6. The first-order valence-electron chi connectivity index (χ1n) is 6.76. The average molecular weight is 213 g/mol. The Morgan fingerprint density at radius 1 is 1.00 bits per heavy atom. The molecule has 0 saturated carbocycles. The van der Waals surface area contributed by atoms with E-state index in [2.05, 4.69) is 46.9 Å². The Kier molecular flexibility index (Phi) is 8.13. The molecule has 15 heavy (non-hydrogen) atoms. The van der Waals surface area contributed by atoms with Crippen molar-refractivity contribution in [1.82, 2.24) is 5.32 Å². The van der Waals surface area contributed by atoms with Crippen molar-refractivity contribution in [3.63, 3.8) is 0 Å². The highest BCUT2D eigenvalue weighted by molar-refractivity contribution is 4.76. The lowest BCUT2D eigenvalue weighted by atomic mass is 9.81. The summed E-state index contributed by atoms with van der Waals surface area (Å²) in [5.74, 6) is 2.49. The predicted octanol–water partition coefficient (Wildman–Crippen LogP) is 4.08. The van der Waals surface area contributed by atoms with E-state index in [4.69, 9.17) is 0 Å². The third kappa shape index (κ3) is 6.19. The van der Waals surface area contributed by atoms with E-state index in [9.17, 15) is 0 Å². The fourth-order valence-corrected chi connectivity index (χ4v) is 2.60. The average Bonchev–Trinajstić information content (AvgIpc) is 2.14. The molecule has 0 radical (unpaired) electrons. The van der Waals surface area contributed by atoms with Gasteiger partial charge in [0.25, 0.3) is 0 Å². The van der Waals surface area contributed by atoms with Gasteiger partial charge in [0.1, 0.15) is 0 Å². The number of hydrogen-bond donors (Lipinski definition) is 1. The minimum Gasteiger partial charge on any atom is -0.314 e. The molecule has 0 aliphatic carbocycles. The highest BCUT2D eigenvalue weighted by Crippen LogP contribution is 2.25. The van der Waals surface area contributed by atoms with E-state index in [1.807, 2.05) is 0 Å². The van der Waals surface area contributed by atoms with Gasteiger partial charge in [-0.25, -0.2) is 0 Å². The van der Waals surface area contributed by atoms with Crippen LogP contribution in [0.3, 0.4) is 0 Å². The van der Waals surface area contributed by atoms with Crippen LogP contribution in [-0.2, 0) is 0 Å². The van der Waals surface area contributed by atoms with Crippen LogP contribution in [0.15, 0.2) is 0 Å². The second-order valence-corrected chi connectivity index (χ2v) is 5.38. The van der Waals surface area contributed by atoms with Gasteiger partial charge < -0.3 is 5.32 Å². The third-order valence-corrected chi connectivity index (χ3v) is 3.48. The molecular weight excluding hydrogens is 182 g/mol. The van der Waals surface area contributed by atoms with Gasteiger partial charge in [-0.05, 0) is 37.6 Å². The molecule has 0 amide bonds. The van der Waals surface area contributed by atoms with Crippen LogP contribution in [0.2, 0.25) is 0 Å². The first-order valence-corrected chi connectivity index (χ1v) is 6.76. The van der Waals surface area contributed by atoms with Crippen LogP contribution in [0.25, 0.3) is 0 Å². The normalized spacial score (nSPS) is 17.8. The van der Waals surface area contributed by atoms with Crippen LogP contribution in [0, 0.1) is 17.8 Å². The van der Waals surface area contributed by atoms with Crippen molar-refractivity contribution >= 4 is 0 Å². The van der Waals surface area contributed by atoms with E-state index in [1.54, 1.807) is 0 Å². The minimum absolute atomic E-state index is 0.661. The van der Waals surface area contributed by atoms with Crippen molar-refractivity contribution in [3.05, 3.63) is 0 Å². The zero-order chi connectivity index (χ0) is 11.8. The summed E-state index contributed by atoms with van der Waals surface area (Å²) in [6, 6.07) is 0.661. The van der Waals surface area contributed by atoms with E-state index in [0.29, 0.717) is 6.04 Å². The van der Waals surface area contributed by atoms with Crippen LogP contribution < -0.4 is 5.32 Å². The quantitative estimate of drug-likeness (QED) is 0.640. The van der Waals surface area contributed by atoms with Crippen molar-refractivity contribution in [1.29, 1.82) is 0 Å². The van der Waals surface area contributed by atoms with Crippen LogP contribution in [0.5, 0.6) is 0 Å². The molecule has 1 N–H and O–H groups in total. The van der Waals surface area contributed by atoms with Gasteiger partial charge in [-0.1, -0.05) is 47.5 Å². The van der Waals surface area contributed by atoms with Gasteiger partial charge in [0.2, 0.25) is 0 Å². The van der Waals surface area contributed by atoms with E-state index in [1.165, 1.54) is 19.3 Å². The maximum Gasteiger partial charge on any atom is 0.00694 e. The summed E-state index contributed by atoms with van der Waals surface area (Å²) in [7, 11) is 0. The van der Waals surface area contributed by atoms with Crippen LogP contribution in [0.1, 0.15) is 60.8 Å². The molecule has 0 aliphatic rings. The second-order valence-electron chi connectivity index (χ2n) is 5.38. The number of nitrogens with one attached hydrogen (secondary N) is 1. The first-order chi connectivity index (χ1) is 7.02. The van der Waals surface area contributed by atoms with E-state index in [0.717, 1.165) is 24.3 Å². The third-order valence-electron chi connectivity index (χ3n) is 3.48. The predicted molar refractivity (Wildman–Crippen MR) is 70.2 cm³/mol. The summed E-state index contributed by atoms with van der Waals surface area (Å²) < 4.78 is 0. The molecule has 3 atom stereocenters. The summed E-state index contributed by atoms with van der Waals surface area (Å²) in [4.78, 5) is 0. The maximum atomic E-state index is 3.57.